The van der Waals surface area contributed by atoms with Crippen LogP contribution >= 0.6 is 0 Å². The van der Waals surface area contributed by atoms with Crippen LogP contribution in [0.2, 0.25) is 0 Å². The number of fused-ring (bicyclic) bond motifs is 1. The summed E-state index contributed by atoms with van der Waals surface area (Å²) in [6.07, 6.45) is 2.12. The van der Waals surface area contributed by atoms with E-state index >= 15 is 0 Å². The molecule has 0 atom stereocenters. The predicted molar refractivity (Wildman–Crippen MR) is 108 cm³/mol. The highest BCUT2D eigenvalue weighted by Gasteiger charge is 2.34. The highest BCUT2D eigenvalue weighted by Crippen LogP contribution is 2.43. The zero-order chi connectivity index (χ0) is 19.8. The Kier molecular flexibility index (Phi) is 4.89. The zero-order valence-corrected chi connectivity index (χ0v) is 15.8. The van der Waals surface area contributed by atoms with Crippen LogP contribution < -0.4 is 10.2 Å². The van der Waals surface area contributed by atoms with Crippen molar-refractivity contribution in [2.75, 3.05) is 29.9 Å². The second kappa shape index (κ2) is 7.36. The number of anilines is 3. The zero-order valence-electron chi connectivity index (χ0n) is 15.8. The number of hydrogen-bond donors (Lipinski definition) is 1. The van der Waals surface area contributed by atoms with E-state index in [1.807, 2.05) is 12.1 Å². The first-order chi connectivity index (χ1) is 13.5. The number of halogens is 2. The van der Waals surface area contributed by atoms with E-state index in [0.29, 0.717) is 17.3 Å². The van der Waals surface area contributed by atoms with E-state index in [1.54, 1.807) is 6.07 Å². The minimum Gasteiger partial charge on any atom is -0.382 e. The van der Waals surface area contributed by atoms with Gasteiger partial charge in [-0.3, -0.25) is 9.69 Å². The number of nitrogens with one attached hydrogen (secondary N) is 1. The van der Waals surface area contributed by atoms with Gasteiger partial charge in [0.1, 0.15) is 0 Å². The molecule has 1 N–H and O–H groups in total. The number of likely N-dealkylation sites (tertiary alicyclic amines) is 1. The van der Waals surface area contributed by atoms with Crippen LogP contribution in [0.25, 0.3) is 5.57 Å². The summed E-state index contributed by atoms with van der Waals surface area (Å²) in [7, 11) is 0. The van der Waals surface area contributed by atoms with Crippen LogP contribution in [0.1, 0.15) is 25.3 Å². The monoisotopic (exact) mass is 383 g/mol. The Morgan fingerprint density at radius 1 is 1.14 bits per heavy atom. The summed E-state index contributed by atoms with van der Waals surface area (Å²) in [4.78, 5) is 16.3. The van der Waals surface area contributed by atoms with Crippen LogP contribution in [-0.4, -0.2) is 36.5 Å². The molecule has 1 fully saturated rings. The number of benzene rings is 2. The van der Waals surface area contributed by atoms with E-state index in [4.69, 9.17) is 0 Å². The quantitative estimate of drug-likeness (QED) is 0.787. The van der Waals surface area contributed by atoms with Gasteiger partial charge in [-0.25, -0.2) is 8.78 Å². The van der Waals surface area contributed by atoms with Crippen LogP contribution in [0, 0.1) is 11.6 Å². The molecular weight excluding hydrogens is 360 g/mol. The normalized spacial score (nSPS) is 17.9. The summed E-state index contributed by atoms with van der Waals surface area (Å²) in [5.74, 6) is -2.46. The molecule has 2 aromatic carbocycles. The van der Waals surface area contributed by atoms with E-state index < -0.39 is 17.5 Å². The van der Waals surface area contributed by atoms with Crippen LogP contribution in [0.3, 0.4) is 0 Å². The molecule has 0 saturated carbocycles. The fourth-order valence-corrected chi connectivity index (χ4v) is 3.96. The lowest BCUT2D eigenvalue weighted by molar-refractivity contribution is -0.112. The summed E-state index contributed by atoms with van der Waals surface area (Å²) in [6, 6.07) is 9.71. The maximum absolute atomic E-state index is 14.3. The number of carbonyl (C=O) groups excluding carboxylic acids is 1. The average molecular weight is 383 g/mol. The number of piperidine rings is 1. The molecule has 2 heterocycles. The molecule has 2 aliphatic heterocycles. The third-order valence-electron chi connectivity index (χ3n) is 5.60. The van der Waals surface area contributed by atoms with Crippen molar-refractivity contribution in [1.82, 2.24) is 4.90 Å². The van der Waals surface area contributed by atoms with Gasteiger partial charge in [-0.15, -0.1) is 0 Å². The van der Waals surface area contributed by atoms with Crippen molar-refractivity contribution >= 4 is 28.5 Å². The Bertz CT molecular complexity index is 935. The van der Waals surface area contributed by atoms with Gasteiger partial charge < -0.3 is 10.2 Å². The summed E-state index contributed by atoms with van der Waals surface area (Å²) >= 11 is 0. The molecular formula is C22H23F2N3O. The summed E-state index contributed by atoms with van der Waals surface area (Å²) in [5.41, 5.74) is 2.25. The molecule has 1 amide bonds. The van der Waals surface area contributed by atoms with Crippen LogP contribution in [0.15, 0.2) is 43.0 Å². The van der Waals surface area contributed by atoms with Crippen LogP contribution in [0.5, 0.6) is 0 Å². The van der Waals surface area contributed by atoms with Gasteiger partial charge in [0, 0.05) is 36.0 Å². The summed E-state index contributed by atoms with van der Waals surface area (Å²) in [6.45, 7) is 9.24. The van der Waals surface area contributed by atoms with E-state index in [1.165, 1.54) is 17.0 Å². The van der Waals surface area contributed by atoms with Crippen molar-refractivity contribution in [3.05, 3.63) is 60.2 Å². The molecule has 2 aliphatic rings. The van der Waals surface area contributed by atoms with Crippen molar-refractivity contribution in [2.45, 2.75) is 25.8 Å². The molecule has 6 heteroatoms. The Balaban J connectivity index is 1.60. The van der Waals surface area contributed by atoms with Gasteiger partial charge >= 0.3 is 0 Å². The number of amides is 1. The van der Waals surface area contributed by atoms with Crippen molar-refractivity contribution in [1.29, 1.82) is 0 Å². The van der Waals surface area contributed by atoms with Crippen molar-refractivity contribution < 1.29 is 13.6 Å². The molecule has 4 nitrogen and oxygen atoms in total. The number of carbonyl (C=O) groups is 1. The van der Waals surface area contributed by atoms with E-state index in [0.717, 1.165) is 44.2 Å². The Morgan fingerprint density at radius 3 is 2.61 bits per heavy atom. The Hall–Kier alpha value is -2.73. The predicted octanol–water partition coefficient (Wildman–Crippen LogP) is 4.55. The lowest BCUT2D eigenvalue weighted by Gasteiger charge is -2.32. The molecule has 0 radical (unpaired) electrons. The first kappa shape index (κ1) is 18.6. The maximum Gasteiger partial charge on any atom is 0.263 e. The minimum atomic E-state index is -1.04. The second-order valence-corrected chi connectivity index (χ2v) is 7.28. The molecule has 2 aromatic rings. The molecule has 4 rings (SSSR count). The largest absolute Gasteiger partial charge is 0.382 e. The smallest absolute Gasteiger partial charge is 0.263 e. The molecule has 0 aliphatic carbocycles. The van der Waals surface area contributed by atoms with Crippen LogP contribution in [0.4, 0.5) is 25.8 Å². The molecule has 0 bridgehead atoms. The van der Waals surface area contributed by atoms with Gasteiger partial charge in [0.25, 0.3) is 5.91 Å². The molecule has 28 heavy (non-hydrogen) atoms. The van der Waals surface area contributed by atoms with Crippen molar-refractivity contribution in [3.63, 3.8) is 0 Å². The van der Waals surface area contributed by atoms with Gasteiger partial charge in [-0.2, -0.15) is 0 Å². The van der Waals surface area contributed by atoms with E-state index in [2.05, 4.69) is 23.7 Å². The SMILES string of the molecule is C=C1C(=O)N(c2cccc(F)c2F)c2ccc(NC3CCN(CC)CC3)cc21. The highest BCUT2D eigenvalue weighted by atomic mass is 19.2. The lowest BCUT2D eigenvalue weighted by atomic mass is 10.0. The molecule has 0 spiro atoms. The van der Waals surface area contributed by atoms with Crippen molar-refractivity contribution in [2.24, 2.45) is 0 Å². The van der Waals surface area contributed by atoms with Gasteiger partial charge in [-0.05, 0) is 49.7 Å². The first-order valence-electron chi connectivity index (χ1n) is 9.60. The number of rotatable bonds is 4. The lowest BCUT2D eigenvalue weighted by Crippen LogP contribution is -2.38. The van der Waals surface area contributed by atoms with Gasteiger partial charge in [-0.1, -0.05) is 19.6 Å². The van der Waals surface area contributed by atoms with E-state index in [9.17, 15) is 13.6 Å². The Labute approximate surface area is 163 Å². The molecule has 0 aromatic heterocycles. The fourth-order valence-electron chi connectivity index (χ4n) is 3.96. The number of nitrogens with zero attached hydrogens (tertiary/aromatic N) is 2. The van der Waals surface area contributed by atoms with Gasteiger partial charge in [0.2, 0.25) is 0 Å². The summed E-state index contributed by atoms with van der Waals surface area (Å²) in [5, 5.41) is 3.53. The second-order valence-electron chi connectivity index (χ2n) is 7.28. The molecule has 146 valence electrons. The average Bonchev–Trinajstić information content (AvgIpc) is 2.95. The Morgan fingerprint density at radius 2 is 1.89 bits per heavy atom. The van der Waals surface area contributed by atoms with Gasteiger partial charge in [0.05, 0.1) is 11.4 Å². The van der Waals surface area contributed by atoms with Crippen LogP contribution in [-0.2, 0) is 4.79 Å². The van der Waals surface area contributed by atoms with Crippen molar-refractivity contribution in [3.8, 4) is 0 Å². The molecule has 1 saturated heterocycles. The third kappa shape index (κ3) is 3.18. The molecule has 0 unspecified atom stereocenters. The van der Waals surface area contributed by atoms with E-state index in [-0.39, 0.29) is 11.3 Å². The third-order valence-corrected chi connectivity index (χ3v) is 5.60. The standard InChI is InChI=1S/C22H23F2N3O/c1-3-26-11-9-15(10-12-26)25-16-7-8-19-17(13-16)14(2)22(28)27(19)20-6-4-5-18(23)21(20)24/h4-8,13,15,25H,2-3,9-12H2,1H3. The summed E-state index contributed by atoms with van der Waals surface area (Å²) < 4.78 is 27.9. The minimum absolute atomic E-state index is 0.0995. The maximum atomic E-state index is 14.3. The first-order valence-corrected chi connectivity index (χ1v) is 9.60. The fraction of sp³-hybridized carbons (Fsp3) is 0.318. The highest BCUT2D eigenvalue weighted by molar-refractivity contribution is 6.34. The number of hydrogen-bond acceptors (Lipinski definition) is 3. The van der Waals surface area contributed by atoms with Gasteiger partial charge in [0.15, 0.2) is 11.6 Å². The topological polar surface area (TPSA) is 35.6 Å².